The van der Waals surface area contributed by atoms with E-state index >= 15 is 0 Å². The van der Waals surface area contributed by atoms with Gasteiger partial charge in [0, 0.05) is 11.1 Å². The summed E-state index contributed by atoms with van der Waals surface area (Å²) in [6.45, 7) is 0. The molecule has 0 aromatic heterocycles. The van der Waals surface area contributed by atoms with E-state index in [-0.39, 0.29) is 17.5 Å². The molecule has 100 valence electrons. The molecule has 0 bridgehead atoms. The molecule has 0 spiro atoms. The molecule has 1 aromatic carbocycles. The molecule has 0 saturated carbocycles. The third-order valence-corrected chi connectivity index (χ3v) is 5.04. The number of halogens is 1. The van der Waals surface area contributed by atoms with Crippen molar-refractivity contribution < 1.29 is 13.2 Å². The van der Waals surface area contributed by atoms with Gasteiger partial charge >= 0.3 is 0 Å². The third kappa shape index (κ3) is 3.29. The van der Waals surface area contributed by atoms with E-state index in [1.807, 2.05) is 0 Å². The Bertz CT molecular complexity index is 530. The first kappa shape index (κ1) is 13.5. The molecule has 1 aromatic rings. The Morgan fingerprint density at radius 1 is 1.44 bits per heavy atom. The van der Waals surface area contributed by atoms with Crippen molar-refractivity contribution in [1.82, 2.24) is 0 Å². The largest absolute Gasteiger partial charge is 0.495 e. The van der Waals surface area contributed by atoms with Gasteiger partial charge in [-0.15, -0.1) is 0 Å². The van der Waals surface area contributed by atoms with Crippen LogP contribution in [-0.2, 0) is 9.84 Å². The van der Waals surface area contributed by atoms with Crippen LogP contribution in [0.2, 0.25) is 5.02 Å². The maximum absolute atomic E-state index is 11.6. The Morgan fingerprint density at radius 2 is 2.22 bits per heavy atom. The van der Waals surface area contributed by atoms with Crippen molar-refractivity contribution in [2.75, 3.05) is 23.9 Å². The zero-order valence-electron chi connectivity index (χ0n) is 10.1. The molecule has 1 unspecified atom stereocenters. The summed E-state index contributed by atoms with van der Waals surface area (Å²) in [4.78, 5) is 0. The zero-order valence-corrected chi connectivity index (χ0v) is 11.7. The van der Waals surface area contributed by atoms with E-state index < -0.39 is 9.84 Å². The molecule has 1 heterocycles. The summed E-state index contributed by atoms with van der Waals surface area (Å²) in [6.07, 6.45) is 1.54. The van der Waals surface area contributed by atoms with Crippen LogP contribution in [0.25, 0.3) is 0 Å². The summed E-state index contributed by atoms with van der Waals surface area (Å²) in [5.41, 5.74) is 0.743. The van der Waals surface area contributed by atoms with Crippen molar-refractivity contribution in [2.45, 2.75) is 18.9 Å². The number of hydrogen-bond donors (Lipinski definition) is 1. The smallest absolute Gasteiger partial charge is 0.152 e. The van der Waals surface area contributed by atoms with Crippen LogP contribution in [-0.4, -0.2) is 33.1 Å². The van der Waals surface area contributed by atoms with Gasteiger partial charge in [0.15, 0.2) is 9.84 Å². The lowest BCUT2D eigenvalue weighted by Crippen LogP contribution is -2.34. The van der Waals surface area contributed by atoms with Gasteiger partial charge in [-0.1, -0.05) is 11.6 Å². The molecule has 1 aliphatic heterocycles. The highest BCUT2D eigenvalue weighted by Gasteiger charge is 2.25. The number of benzene rings is 1. The Kier molecular flexibility index (Phi) is 4.02. The predicted octanol–water partition coefficient (Wildman–Crippen LogP) is 2.34. The van der Waals surface area contributed by atoms with Gasteiger partial charge in [0.1, 0.15) is 5.75 Å². The topological polar surface area (TPSA) is 55.4 Å². The van der Waals surface area contributed by atoms with Crippen LogP contribution in [0.1, 0.15) is 12.8 Å². The summed E-state index contributed by atoms with van der Waals surface area (Å²) < 4.78 is 28.4. The van der Waals surface area contributed by atoms with E-state index in [9.17, 15) is 8.42 Å². The third-order valence-electron chi connectivity index (χ3n) is 2.98. The molecule has 0 amide bonds. The van der Waals surface area contributed by atoms with E-state index in [1.165, 1.54) is 0 Å². The van der Waals surface area contributed by atoms with Gasteiger partial charge < -0.3 is 10.1 Å². The van der Waals surface area contributed by atoms with Crippen molar-refractivity contribution in [3.63, 3.8) is 0 Å². The first-order valence-electron chi connectivity index (χ1n) is 5.81. The minimum atomic E-state index is -2.92. The van der Waals surface area contributed by atoms with Crippen molar-refractivity contribution in [1.29, 1.82) is 0 Å². The Morgan fingerprint density at radius 3 is 2.89 bits per heavy atom. The van der Waals surface area contributed by atoms with E-state index in [2.05, 4.69) is 5.32 Å². The summed E-state index contributed by atoms with van der Waals surface area (Å²) in [5.74, 6) is 1.13. The van der Waals surface area contributed by atoms with E-state index in [0.29, 0.717) is 17.2 Å². The molecule has 1 N–H and O–H groups in total. The Balaban J connectivity index is 2.16. The first-order valence-corrected chi connectivity index (χ1v) is 8.00. The van der Waals surface area contributed by atoms with Crippen LogP contribution in [0.15, 0.2) is 18.2 Å². The van der Waals surface area contributed by atoms with Crippen LogP contribution >= 0.6 is 11.6 Å². The fourth-order valence-corrected chi connectivity index (χ4v) is 3.96. The molecule has 1 aliphatic rings. The lowest BCUT2D eigenvalue weighted by molar-refractivity contribution is 0.415. The second-order valence-electron chi connectivity index (χ2n) is 4.44. The standard InChI is InChI=1S/C12H16ClNO3S/c1-17-12-5-4-9(13)7-11(12)14-10-3-2-6-18(15,16)8-10/h4-5,7,10,14H,2-3,6,8H2,1H3. The zero-order chi connectivity index (χ0) is 13.2. The summed E-state index contributed by atoms with van der Waals surface area (Å²) >= 11 is 5.93. The number of hydrogen-bond acceptors (Lipinski definition) is 4. The average Bonchev–Trinajstić information content (AvgIpc) is 2.28. The van der Waals surface area contributed by atoms with Crippen LogP contribution in [0, 0.1) is 0 Å². The van der Waals surface area contributed by atoms with Gasteiger partial charge in [-0.2, -0.15) is 0 Å². The average molecular weight is 290 g/mol. The Hall–Kier alpha value is -0.940. The molecule has 0 aliphatic carbocycles. The van der Waals surface area contributed by atoms with Crippen LogP contribution in [0.4, 0.5) is 5.69 Å². The lowest BCUT2D eigenvalue weighted by atomic mass is 10.1. The normalized spacial score (nSPS) is 22.4. The van der Waals surface area contributed by atoms with E-state index in [4.69, 9.17) is 16.3 Å². The highest BCUT2D eigenvalue weighted by atomic mass is 35.5. The minimum absolute atomic E-state index is 0.0730. The molecule has 18 heavy (non-hydrogen) atoms. The first-order chi connectivity index (χ1) is 8.50. The highest BCUT2D eigenvalue weighted by molar-refractivity contribution is 7.91. The molecule has 2 rings (SSSR count). The molecule has 6 heteroatoms. The molecule has 0 radical (unpaired) electrons. The molecule has 1 atom stereocenters. The van der Waals surface area contributed by atoms with Crippen molar-refractivity contribution in [2.24, 2.45) is 0 Å². The second kappa shape index (κ2) is 5.36. The fraction of sp³-hybridized carbons (Fsp3) is 0.500. The minimum Gasteiger partial charge on any atom is -0.495 e. The molecular formula is C12H16ClNO3S. The van der Waals surface area contributed by atoms with Gasteiger partial charge in [-0.3, -0.25) is 0 Å². The number of anilines is 1. The van der Waals surface area contributed by atoms with Crippen LogP contribution in [0.3, 0.4) is 0 Å². The van der Waals surface area contributed by atoms with Gasteiger partial charge in [0.05, 0.1) is 24.3 Å². The lowest BCUT2D eigenvalue weighted by Gasteiger charge is -2.25. The second-order valence-corrected chi connectivity index (χ2v) is 7.11. The quantitative estimate of drug-likeness (QED) is 0.928. The van der Waals surface area contributed by atoms with Crippen molar-refractivity contribution >= 4 is 27.1 Å². The van der Waals surface area contributed by atoms with E-state index in [1.54, 1.807) is 25.3 Å². The van der Waals surface area contributed by atoms with Gasteiger partial charge in [-0.05, 0) is 31.0 Å². The molecule has 1 fully saturated rings. The van der Waals surface area contributed by atoms with Crippen LogP contribution < -0.4 is 10.1 Å². The number of methoxy groups -OCH3 is 1. The number of nitrogens with one attached hydrogen (secondary N) is 1. The highest BCUT2D eigenvalue weighted by Crippen LogP contribution is 2.29. The van der Waals surface area contributed by atoms with Gasteiger partial charge in [0.2, 0.25) is 0 Å². The van der Waals surface area contributed by atoms with Crippen LogP contribution in [0.5, 0.6) is 5.75 Å². The monoisotopic (exact) mass is 289 g/mol. The maximum Gasteiger partial charge on any atom is 0.152 e. The summed E-state index contributed by atoms with van der Waals surface area (Å²) in [7, 11) is -1.34. The Labute approximate surface area is 112 Å². The SMILES string of the molecule is COc1ccc(Cl)cc1NC1CCCS(=O)(=O)C1. The number of rotatable bonds is 3. The van der Waals surface area contributed by atoms with Gasteiger partial charge in [0.25, 0.3) is 0 Å². The number of sulfone groups is 1. The number of ether oxygens (including phenoxy) is 1. The summed E-state index contributed by atoms with van der Waals surface area (Å²) in [6, 6.07) is 5.18. The van der Waals surface area contributed by atoms with Crippen molar-refractivity contribution in [3.8, 4) is 5.75 Å². The molecular weight excluding hydrogens is 274 g/mol. The fourth-order valence-electron chi connectivity index (χ4n) is 2.15. The predicted molar refractivity (Wildman–Crippen MR) is 73.3 cm³/mol. The maximum atomic E-state index is 11.6. The van der Waals surface area contributed by atoms with Gasteiger partial charge in [-0.25, -0.2) is 8.42 Å². The van der Waals surface area contributed by atoms with Crippen molar-refractivity contribution in [3.05, 3.63) is 23.2 Å². The summed E-state index contributed by atoms with van der Waals surface area (Å²) in [5, 5.41) is 3.80. The molecule has 4 nitrogen and oxygen atoms in total. The molecule has 1 saturated heterocycles. The van der Waals surface area contributed by atoms with E-state index in [0.717, 1.165) is 12.1 Å².